The van der Waals surface area contributed by atoms with Gasteiger partial charge in [0.15, 0.2) is 0 Å². The van der Waals surface area contributed by atoms with E-state index in [0.717, 1.165) is 11.3 Å². The van der Waals surface area contributed by atoms with Crippen LogP contribution < -0.4 is 4.90 Å². The van der Waals surface area contributed by atoms with E-state index in [4.69, 9.17) is 34.8 Å². The summed E-state index contributed by atoms with van der Waals surface area (Å²) in [7, 11) is 3.78. The Bertz CT molecular complexity index is 552. The van der Waals surface area contributed by atoms with E-state index in [-0.39, 0.29) is 11.7 Å². The number of rotatable bonds is 2. The minimum Gasteiger partial charge on any atom is -0.377 e. The van der Waals surface area contributed by atoms with Crippen LogP contribution in [0.4, 0.5) is 10.1 Å². The van der Waals surface area contributed by atoms with Crippen molar-refractivity contribution in [2.75, 3.05) is 19.0 Å². The predicted molar refractivity (Wildman–Crippen MR) is 81.0 cm³/mol. The number of hydrogen-bond donors (Lipinski definition) is 0. The maximum atomic E-state index is 13.5. The summed E-state index contributed by atoms with van der Waals surface area (Å²) in [6.45, 7) is 0. The highest BCUT2D eigenvalue weighted by molar-refractivity contribution is 6.37. The molecule has 0 spiro atoms. The molecule has 0 radical (unpaired) electrons. The van der Waals surface area contributed by atoms with E-state index >= 15 is 0 Å². The van der Waals surface area contributed by atoms with Crippen LogP contribution in [0.3, 0.4) is 0 Å². The molecule has 1 aromatic carbocycles. The zero-order valence-electron chi connectivity index (χ0n) is 10.5. The van der Waals surface area contributed by atoms with Crippen molar-refractivity contribution in [3.8, 4) is 0 Å². The Balaban J connectivity index is 2.53. The molecule has 1 aliphatic rings. The molecule has 0 heterocycles. The average Bonchev–Trinajstić information content (AvgIpc) is 2.27. The van der Waals surface area contributed by atoms with Gasteiger partial charge in [0.1, 0.15) is 5.82 Å². The molecular formula is C14H13Cl3FN. The number of allylic oxidation sites excluding steroid dienone is 4. The maximum Gasteiger partial charge on any atom is 0.123 e. The second kappa shape index (κ2) is 5.74. The minimum atomic E-state index is -0.398. The maximum absolute atomic E-state index is 13.5. The number of anilines is 1. The van der Waals surface area contributed by atoms with Crippen molar-refractivity contribution in [3.63, 3.8) is 0 Å². The first kappa shape index (κ1) is 14.7. The molecule has 0 N–H and O–H groups in total. The summed E-state index contributed by atoms with van der Waals surface area (Å²) in [6.07, 6.45) is 3.36. The van der Waals surface area contributed by atoms with E-state index in [0.29, 0.717) is 10.1 Å². The number of hydrogen-bond acceptors (Lipinski definition) is 1. The monoisotopic (exact) mass is 319 g/mol. The number of alkyl halides is 1. The van der Waals surface area contributed by atoms with Crippen molar-refractivity contribution < 1.29 is 4.39 Å². The number of benzene rings is 1. The molecule has 2 atom stereocenters. The normalized spacial score (nSPS) is 22.8. The Morgan fingerprint density at radius 1 is 1.21 bits per heavy atom. The Kier molecular flexibility index (Phi) is 4.44. The van der Waals surface area contributed by atoms with E-state index in [1.807, 2.05) is 19.0 Å². The lowest BCUT2D eigenvalue weighted by Crippen LogP contribution is -2.19. The molecule has 0 saturated carbocycles. The summed E-state index contributed by atoms with van der Waals surface area (Å²) in [5.41, 5.74) is 1.64. The van der Waals surface area contributed by atoms with E-state index < -0.39 is 5.38 Å². The molecule has 1 aromatic rings. The van der Waals surface area contributed by atoms with E-state index in [1.54, 1.807) is 18.2 Å². The molecule has 2 rings (SSSR count). The summed E-state index contributed by atoms with van der Waals surface area (Å²) in [6, 6.07) is 4.61. The fraction of sp³-hybridized carbons (Fsp3) is 0.286. The summed E-state index contributed by atoms with van der Waals surface area (Å²) < 4.78 is 13.5. The highest BCUT2D eigenvalue weighted by Gasteiger charge is 2.29. The summed E-state index contributed by atoms with van der Waals surface area (Å²) in [5, 5.41) is 0.621. The lowest BCUT2D eigenvalue weighted by atomic mass is 9.90. The predicted octanol–water partition coefficient (Wildman–Crippen LogP) is 4.84. The molecule has 102 valence electrons. The van der Waals surface area contributed by atoms with Crippen LogP contribution in [0.15, 0.2) is 40.4 Å². The third kappa shape index (κ3) is 3.07. The van der Waals surface area contributed by atoms with Crippen molar-refractivity contribution in [1.29, 1.82) is 0 Å². The number of nitrogens with zero attached hydrogens (tertiary/aromatic N) is 1. The Labute approximate surface area is 127 Å². The van der Waals surface area contributed by atoms with Gasteiger partial charge in [-0.05, 0) is 35.9 Å². The Morgan fingerprint density at radius 2 is 1.89 bits per heavy atom. The largest absolute Gasteiger partial charge is 0.377 e. The highest BCUT2D eigenvalue weighted by Crippen LogP contribution is 2.42. The molecule has 19 heavy (non-hydrogen) atoms. The van der Waals surface area contributed by atoms with Crippen LogP contribution in [0.1, 0.15) is 11.5 Å². The first-order chi connectivity index (χ1) is 8.90. The average molecular weight is 321 g/mol. The fourth-order valence-corrected chi connectivity index (χ4v) is 3.39. The summed E-state index contributed by atoms with van der Waals surface area (Å²) in [4.78, 5) is 1.91. The number of halogens is 4. The molecule has 2 unspecified atom stereocenters. The molecule has 0 aromatic heterocycles. The van der Waals surface area contributed by atoms with E-state index in [9.17, 15) is 4.39 Å². The van der Waals surface area contributed by atoms with Crippen molar-refractivity contribution in [2.45, 2.75) is 11.3 Å². The van der Waals surface area contributed by atoms with Gasteiger partial charge in [0.25, 0.3) is 0 Å². The molecule has 0 amide bonds. The molecule has 0 fully saturated rings. The molecule has 0 bridgehead atoms. The third-order valence-electron chi connectivity index (χ3n) is 3.02. The van der Waals surface area contributed by atoms with Crippen LogP contribution in [0.2, 0.25) is 0 Å². The quantitative estimate of drug-likeness (QED) is 0.705. The fourth-order valence-electron chi connectivity index (χ4n) is 2.17. The third-order valence-corrected chi connectivity index (χ3v) is 3.97. The minimum absolute atomic E-state index is 0.293. The standard InChI is InChI=1S/C14H13Cl3FN/c1-19(2)13-4-3-9(18)7-10(13)14-11(16)5-8(15)6-12(14)17/h3-7,11,14H,1-2H3. The van der Waals surface area contributed by atoms with Gasteiger partial charge >= 0.3 is 0 Å². The second-order valence-electron chi connectivity index (χ2n) is 4.60. The highest BCUT2D eigenvalue weighted by atomic mass is 35.5. The second-order valence-corrected chi connectivity index (χ2v) is 5.98. The van der Waals surface area contributed by atoms with Gasteiger partial charge < -0.3 is 4.90 Å². The van der Waals surface area contributed by atoms with Crippen molar-refractivity contribution in [1.82, 2.24) is 0 Å². The van der Waals surface area contributed by atoms with Gasteiger partial charge in [-0.15, -0.1) is 11.6 Å². The molecule has 1 aliphatic carbocycles. The van der Waals surface area contributed by atoms with Gasteiger partial charge in [0.05, 0.1) is 5.38 Å². The molecule has 0 aliphatic heterocycles. The van der Waals surface area contributed by atoms with Gasteiger partial charge in [-0.1, -0.05) is 23.2 Å². The summed E-state index contributed by atoms with van der Waals surface area (Å²) in [5.74, 6) is -0.603. The lowest BCUT2D eigenvalue weighted by molar-refractivity contribution is 0.623. The van der Waals surface area contributed by atoms with Crippen molar-refractivity contribution >= 4 is 40.5 Å². The van der Waals surface area contributed by atoms with Crippen molar-refractivity contribution in [3.05, 3.63) is 51.8 Å². The SMILES string of the molecule is CN(C)c1ccc(F)cc1C1C(Cl)=CC(Cl)=CC1Cl. The van der Waals surface area contributed by atoms with Gasteiger partial charge in [0.2, 0.25) is 0 Å². The van der Waals surface area contributed by atoms with E-state index in [1.165, 1.54) is 12.1 Å². The van der Waals surface area contributed by atoms with Crippen LogP contribution in [0, 0.1) is 5.82 Å². The lowest BCUT2D eigenvalue weighted by Gasteiger charge is -2.28. The van der Waals surface area contributed by atoms with Crippen molar-refractivity contribution in [2.24, 2.45) is 0 Å². The first-order valence-electron chi connectivity index (χ1n) is 5.75. The molecular weight excluding hydrogens is 308 g/mol. The Morgan fingerprint density at radius 3 is 2.47 bits per heavy atom. The van der Waals surface area contributed by atoms with Crippen LogP contribution in [0.25, 0.3) is 0 Å². The van der Waals surface area contributed by atoms with Gasteiger partial charge in [-0.25, -0.2) is 4.39 Å². The van der Waals surface area contributed by atoms with Crippen LogP contribution in [-0.2, 0) is 0 Å². The van der Waals surface area contributed by atoms with Gasteiger partial charge in [0, 0.05) is 35.8 Å². The van der Waals surface area contributed by atoms with Gasteiger partial charge in [-0.2, -0.15) is 0 Å². The smallest absolute Gasteiger partial charge is 0.123 e. The Hall–Kier alpha value is -0.700. The van der Waals surface area contributed by atoms with Crippen LogP contribution in [0.5, 0.6) is 0 Å². The first-order valence-corrected chi connectivity index (χ1v) is 6.94. The van der Waals surface area contributed by atoms with Gasteiger partial charge in [-0.3, -0.25) is 0 Å². The summed E-state index contributed by atoms with van der Waals surface area (Å²) >= 11 is 18.5. The molecule has 1 nitrogen and oxygen atoms in total. The van der Waals surface area contributed by atoms with E-state index in [2.05, 4.69) is 0 Å². The zero-order chi connectivity index (χ0) is 14.2. The van der Waals surface area contributed by atoms with Crippen LogP contribution >= 0.6 is 34.8 Å². The van der Waals surface area contributed by atoms with Crippen LogP contribution in [-0.4, -0.2) is 19.5 Å². The molecule has 5 heteroatoms. The zero-order valence-corrected chi connectivity index (χ0v) is 12.8. The topological polar surface area (TPSA) is 3.24 Å². The molecule has 0 saturated heterocycles.